The Balaban J connectivity index is 2.10. The number of allylic oxidation sites excluding steroid dienone is 2. The molecule has 0 aromatic heterocycles. The molecule has 2 unspecified atom stereocenters. The third-order valence-corrected chi connectivity index (χ3v) is 6.05. The van der Waals surface area contributed by atoms with Crippen molar-refractivity contribution in [3.05, 3.63) is 12.2 Å². The van der Waals surface area contributed by atoms with E-state index in [1.807, 2.05) is 0 Å². The van der Waals surface area contributed by atoms with E-state index in [0.29, 0.717) is 0 Å². The minimum absolute atomic E-state index is 0.265. The fourth-order valence-corrected chi connectivity index (χ4v) is 4.26. The molecule has 0 saturated carbocycles. The quantitative estimate of drug-likeness (QED) is 0.489. The summed E-state index contributed by atoms with van der Waals surface area (Å²) in [5, 5.41) is 0. The summed E-state index contributed by atoms with van der Waals surface area (Å²) in [6.45, 7) is 0. The van der Waals surface area contributed by atoms with Gasteiger partial charge in [-0.2, -0.15) is 0 Å². The summed E-state index contributed by atoms with van der Waals surface area (Å²) >= 11 is 0.265. The molecule has 0 aromatic rings. The number of hydrogen-bond donors (Lipinski definition) is 0. The van der Waals surface area contributed by atoms with Crippen LogP contribution in [0.2, 0.25) is 7.25 Å². The second kappa shape index (κ2) is 1.55. The Morgan fingerprint density at radius 2 is 1.71 bits per heavy atom. The molecule has 2 aliphatic rings. The van der Waals surface area contributed by atoms with E-state index in [-0.39, 0.29) is 23.2 Å². The molecule has 2 rings (SSSR count). The third kappa shape index (κ3) is 0.763. The van der Waals surface area contributed by atoms with Crippen molar-refractivity contribution >= 4 is 0 Å². The zero-order chi connectivity index (χ0) is 4.69. The number of fused-ring (bicyclic) bond motifs is 1. The standard InChI is InChI=1S/C6H8.Zr/c1-2-4-6-5-3-1;/h1-2,5-6H,3-4H2;. The van der Waals surface area contributed by atoms with Crippen molar-refractivity contribution in [2.24, 2.45) is 0 Å². The van der Waals surface area contributed by atoms with Crippen LogP contribution in [-0.2, 0) is 23.2 Å². The molecule has 0 nitrogen and oxygen atoms in total. The first kappa shape index (κ1) is 4.50. The summed E-state index contributed by atoms with van der Waals surface area (Å²) in [6.07, 6.45) is 7.65. The molecule has 0 N–H and O–H groups in total. The van der Waals surface area contributed by atoms with Crippen molar-refractivity contribution in [1.29, 1.82) is 0 Å². The first-order valence-electron chi connectivity index (χ1n) is 2.88. The number of rotatable bonds is 0. The molecule has 1 aliphatic heterocycles. The normalized spacial score (nSPS) is 44.6. The van der Waals surface area contributed by atoms with Gasteiger partial charge in [-0.3, -0.25) is 0 Å². The molecular weight excluding hydrogens is 163 g/mol. The fourth-order valence-electron chi connectivity index (χ4n) is 1.17. The molecule has 1 heteroatoms. The van der Waals surface area contributed by atoms with E-state index in [1.165, 1.54) is 20.1 Å². The van der Waals surface area contributed by atoms with Gasteiger partial charge in [0.25, 0.3) is 0 Å². The van der Waals surface area contributed by atoms with Crippen LogP contribution in [0.15, 0.2) is 12.2 Å². The molecule has 1 fully saturated rings. The van der Waals surface area contributed by atoms with Gasteiger partial charge in [-0.05, 0) is 0 Å². The van der Waals surface area contributed by atoms with Crippen molar-refractivity contribution < 1.29 is 23.2 Å². The summed E-state index contributed by atoms with van der Waals surface area (Å²) < 4.78 is 2.57. The minimum atomic E-state index is 0.265. The van der Waals surface area contributed by atoms with Crippen LogP contribution in [0.5, 0.6) is 0 Å². The summed E-state index contributed by atoms with van der Waals surface area (Å²) in [5.74, 6) is 0. The molecule has 2 atom stereocenters. The Morgan fingerprint density at radius 1 is 1.14 bits per heavy atom. The first-order chi connectivity index (χ1) is 3.47. The topological polar surface area (TPSA) is 0 Å². The Labute approximate surface area is 55.6 Å². The van der Waals surface area contributed by atoms with Crippen LogP contribution < -0.4 is 0 Å². The van der Waals surface area contributed by atoms with Gasteiger partial charge in [-0.1, -0.05) is 0 Å². The Bertz CT molecular complexity index is 94.7. The second-order valence-electron chi connectivity index (χ2n) is 2.32. The van der Waals surface area contributed by atoms with Crippen LogP contribution in [0.25, 0.3) is 0 Å². The van der Waals surface area contributed by atoms with E-state index >= 15 is 0 Å². The summed E-state index contributed by atoms with van der Waals surface area (Å²) in [5.41, 5.74) is 0. The van der Waals surface area contributed by atoms with E-state index in [4.69, 9.17) is 0 Å². The van der Waals surface area contributed by atoms with E-state index < -0.39 is 0 Å². The van der Waals surface area contributed by atoms with Gasteiger partial charge in [0, 0.05) is 0 Å². The van der Waals surface area contributed by atoms with Gasteiger partial charge in [-0.15, -0.1) is 0 Å². The predicted molar refractivity (Wildman–Crippen MR) is 25.9 cm³/mol. The first-order valence-corrected chi connectivity index (χ1v) is 5.72. The van der Waals surface area contributed by atoms with Crippen molar-refractivity contribution in [2.45, 2.75) is 20.1 Å². The van der Waals surface area contributed by atoms with Gasteiger partial charge < -0.3 is 0 Å². The molecular formula is C6H8Zr. The van der Waals surface area contributed by atoms with Gasteiger partial charge in [-0.25, -0.2) is 0 Å². The van der Waals surface area contributed by atoms with Crippen LogP contribution in [0, 0.1) is 0 Å². The molecule has 0 radical (unpaired) electrons. The SMILES string of the molecule is C1=CC[CH]2[Zr][CH]2C1. The maximum atomic E-state index is 2.37. The molecule has 7 heavy (non-hydrogen) atoms. The second-order valence-corrected chi connectivity index (χ2v) is 6.79. The number of hydrogen-bond acceptors (Lipinski definition) is 0. The monoisotopic (exact) mass is 170 g/mol. The van der Waals surface area contributed by atoms with Crippen molar-refractivity contribution in [3.63, 3.8) is 0 Å². The van der Waals surface area contributed by atoms with E-state index in [9.17, 15) is 0 Å². The van der Waals surface area contributed by atoms with Crippen molar-refractivity contribution in [3.8, 4) is 0 Å². The summed E-state index contributed by atoms with van der Waals surface area (Å²) in [7, 11) is 0. The zero-order valence-electron chi connectivity index (χ0n) is 4.22. The fraction of sp³-hybridized carbons (Fsp3) is 0.667. The van der Waals surface area contributed by atoms with E-state index in [1.54, 1.807) is 0 Å². The van der Waals surface area contributed by atoms with E-state index in [2.05, 4.69) is 12.2 Å². The van der Waals surface area contributed by atoms with Gasteiger partial charge in [0.1, 0.15) is 0 Å². The molecule has 0 aromatic carbocycles. The zero-order valence-corrected chi connectivity index (χ0v) is 6.68. The third-order valence-electron chi connectivity index (χ3n) is 1.75. The Kier molecular flexibility index (Phi) is 0.996. The maximum absolute atomic E-state index is 2.37. The van der Waals surface area contributed by atoms with Gasteiger partial charge in [0.15, 0.2) is 0 Å². The van der Waals surface area contributed by atoms with Gasteiger partial charge in [0.05, 0.1) is 0 Å². The van der Waals surface area contributed by atoms with Crippen molar-refractivity contribution in [1.82, 2.24) is 0 Å². The molecule has 1 heterocycles. The molecule has 1 aliphatic carbocycles. The average Bonchev–Trinajstić information content (AvgIpc) is 2.41. The summed E-state index contributed by atoms with van der Waals surface area (Å²) in [6, 6.07) is 0. The van der Waals surface area contributed by atoms with E-state index in [0.717, 1.165) is 0 Å². The summed E-state index contributed by atoms with van der Waals surface area (Å²) in [4.78, 5) is 0. The molecule has 0 amide bonds. The van der Waals surface area contributed by atoms with Gasteiger partial charge in [0.2, 0.25) is 0 Å². The van der Waals surface area contributed by atoms with Crippen LogP contribution in [-0.4, -0.2) is 0 Å². The van der Waals surface area contributed by atoms with Crippen LogP contribution in [0.4, 0.5) is 0 Å². The molecule has 0 bridgehead atoms. The molecule has 1 saturated heterocycles. The molecule has 0 spiro atoms. The Hall–Kier alpha value is 0.623. The average molecular weight is 171 g/mol. The van der Waals surface area contributed by atoms with Gasteiger partial charge >= 0.3 is 55.5 Å². The van der Waals surface area contributed by atoms with Crippen LogP contribution in [0.3, 0.4) is 0 Å². The van der Waals surface area contributed by atoms with Crippen LogP contribution >= 0.6 is 0 Å². The Morgan fingerprint density at radius 3 is 2.14 bits per heavy atom. The van der Waals surface area contributed by atoms with Crippen molar-refractivity contribution in [2.75, 3.05) is 0 Å². The van der Waals surface area contributed by atoms with Crippen LogP contribution in [0.1, 0.15) is 12.8 Å². The molecule has 36 valence electrons. The predicted octanol–water partition coefficient (Wildman–Crippen LogP) is 2.01.